The molecular formula is C28H27N5O3. The Morgan fingerprint density at radius 2 is 1.67 bits per heavy atom. The van der Waals surface area contributed by atoms with Gasteiger partial charge in [0.05, 0.1) is 32.0 Å². The second-order valence-corrected chi connectivity index (χ2v) is 9.20. The molecular weight excluding hydrogens is 454 g/mol. The van der Waals surface area contributed by atoms with E-state index in [9.17, 15) is 9.59 Å². The van der Waals surface area contributed by atoms with Gasteiger partial charge in [-0.15, -0.1) is 0 Å². The summed E-state index contributed by atoms with van der Waals surface area (Å²) in [5.74, 6) is -0.136. The Morgan fingerprint density at radius 1 is 0.861 bits per heavy atom. The molecule has 0 saturated carbocycles. The zero-order valence-electron chi connectivity index (χ0n) is 20.0. The zero-order valence-corrected chi connectivity index (χ0v) is 20.0. The maximum absolute atomic E-state index is 13.5. The van der Waals surface area contributed by atoms with E-state index in [0.29, 0.717) is 63.6 Å². The number of fused-ring (bicyclic) bond motifs is 2. The van der Waals surface area contributed by atoms with Gasteiger partial charge in [0.1, 0.15) is 0 Å². The molecule has 1 saturated heterocycles. The number of ether oxygens (including phenoxy) is 1. The van der Waals surface area contributed by atoms with Crippen LogP contribution in [0.15, 0.2) is 66.9 Å². The quantitative estimate of drug-likeness (QED) is 0.447. The number of carbonyl (C=O) groups is 2. The molecule has 4 heterocycles. The van der Waals surface area contributed by atoms with E-state index >= 15 is 0 Å². The number of pyridine rings is 1. The number of nitrogens with zero attached hydrogens (tertiary/aromatic N) is 5. The number of rotatable bonds is 4. The van der Waals surface area contributed by atoms with Crippen molar-refractivity contribution < 1.29 is 14.3 Å². The molecule has 0 aliphatic carbocycles. The first-order valence-electron chi connectivity index (χ1n) is 12.3. The summed E-state index contributed by atoms with van der Waals surface area (Å²) in [6, 6.07) is 19.6. The average Bonchev–Trinajstić information content (AvgIpc) is 3.30. The summed E-state index contributed by atoms with van der Waals surface area (Å²) in [5, 5.41) is 6.91. The van der Waals surface area contributed by atoms with Gasteiger partial charge in [0.15, 0.2) is 5.69 Å². The summed E-state index contributed by atoms with van der Waals surface area (Å²) in [5.41, 5.74) is 3.79. The summed E-state index contributed by atoms with van der Waals surface area (Å²) < 4.78 is 7.32. The van der Waals surface area contributed by atoms with Gasteiger partial charge >= 0.3 is 0 Å². The molecule has 2 aromatic heterocycles. The van der Waals surface area contributed by atoms with Gasteiger partial charge in [-0.05, 0) is 35.0 Å². The number of amides is 2. The van der Waals surface area contributed by atoms with Crippen molar-refractivity contribution in [2.75, 3.05) is 32.8 Å². The predicted octanol–water partition coefficient (Wildman–Crippen LogP) is 3.15. The van der Waals surface area contributed by atoms with E-state index < -0.39 is 0 Å². The van der Waals surface area contributed by atoms with Crippen molar-refractivity contribution in [3.05, 3.63) is 95.1 Å². The molecule has 0 N–H and O–H groups in total. The van der Waals surface area contributed by atoms with E-state index in [1.807, 2.05) is 70.2 Å². The van der Waals surface area contributed by atoms with Gasteiger partial charge in [-0.2, -0.15) is 5.10 Å². The van der Waals surface area contributed by atoms with Crippen molar-refractivity contribution in [1.82, 2.24) is 24.6 Å². The number of morpholine rings is 1. The van der Waals surface area contributed by atoms with Crippen molar-refractivity contribution in [3.8, 4) is 0 Å². The molecule has 1 fully saturated rings. The van der Waals surface area contributed by atoms with E-state index in [0.717, 1.165) is 27.7 Å². The molecule has 0 radical (unpaired) electrons. The number of benzene rings is 2. The molecule has 182 valence electrons. The van der Waals surface area contributed by atoms with Crippen molar-refractivity contribution in [1.29, 1.82) is 0 Å². The molecule has 2 aromatic carbocycles. The Hall–Kier alpha value is -4.04. The molecule has 8 heteroatoms. The Labute approximate surface area is 209 Å². The fourth-order valence-electron chi connectivity index (χ4n) is 5.03. The Bertz CT molecular complexity index is 1430. The normalized spacial score (nSPS) is 15.7. The lowest BCUT2D eigenvalue weighted by Crippen LogP contribution is -2.42. The fourth-order valence-corrected chi connectivity index (χ4v) is 5.03. The van der Waals surface area contributed by atoms with Crippen LogP contribution in [-0.4, -0.2) is 69.2 Å². The smallest absolute Gasteiger partial charge is 0.274 e. The highest BCUT2D eigenvalue weighted by atomic mass is 16.5. The van der Waals surface area contributed by atoms with E-state index in [2.05, 4.69) is 4.98 Å². The van der Waals surface area contributed by atoms with Crippen LogP contribution in [0.25, 0.3) is 10.8 Å². The highest BCUT2D eigenvalue weighted by Crippen LogP contribution is 2.27. The van der Waals surface area contributed by atoms with Crippen LogP contribution in [0.2, 0.25) is 0 Å². The Balaban J connectivity index is 1.32. The number of aromatic nitrogens is 3. The third-order valence-corrected chi connectivity index (χ3v) is 6.96. The monoisotopic (exact) mass is 481 g/mol. The second-order valence-electron chi connectivity index (χ2n) is 9.20. The maximum atomic E-state index is 13.5. The highest BCUT2D eigenvalue weighted by Gasteiger charge is 2.33. The molecule has 4 aromatic rings. The van der Waals surface area contributed by atoms with Gasteiger partial charge in [0.2, 0.25) is 0 Å². The average molecular weight is 482 g/mol. The first-order chi connectivity index (χ1) is 17.7. The predicted molar refractivity (Wildman–Crippen MR) is 135 cm³/mol. The number of hydrogen-bond donors (Lipinski definition) is 0. The molecule has 36 heavy (non-hydrogen) atoms. The third kappa shape index (κ3) is 4.24. The first kappa shape index (κ1) is 22.4. The van der Waals surface area contributed by atoms with Gasteiger partial charge in [0, 0.05) is 49.1 Å². The van der Waals surface area contributed by atoms with Crippen LogP contribution in [0.5, 0.6) is 0 Å². The van der Waals surface area contributed by atoms with Crippen LogP contribution in [-0.2, 0) is 24.2 Å². The minimum atomic E-state index is -0.102. The van der Waals surface area contributed by atoms with Crippen molar-refractivity contribution in [2.45, 2.75) is 19.5 Å². The van der Waals surface area contributed by atoms with Crippen LogP contribution in [0.3, 0.4) is 0 Å². The van der Waals surface area contributed by atoms with E-state index in [-0.39, 0.29) is 11.8 Å². The lowest BCUT2D eigenvalue weighted by molar-refractivity contribution is 0.0296. The van der Waals surface area contributed by atoms with Crippen molar-refractivity contribution in [3.63, 3.8) is 0 Å². The lowest BCUT2D eigenvalue weighted by atomic mass is 10.0. The largest absolute Gasteiger partial charge is 0.378 e. The molecule has 2 aliphatic heterocycles. The first-order valence-corrected chi connectivity index (χ1v) is 12.3. The van der Waals surface area contributed by atoms with Gasteiger partial charge in [0.25, 0.3) is 11.8 Å². The maximum Gasteiger partial charge on any atom is 0.274 e. The van der Waals surface area contributed by atoms with Crippen LogP contribution in [0.4, 0.5) is 0 Å². The Morgan fingerprint density at radius 3 is 2.47 bits per heavy atom. The highest BCUT2D eigenvalue weighted by molar-refractivity contribution is 5.99. The SMILES string of the molecule is O=C(c1ccc2ccccc2c1)N1CCc2c(c(C(=O)N3CCOCC3)nn2Cc2ccccn2)C1. The lowest BCUT2D eigenvalue weighted by Gasteiger charge is -2.29. The zero-order chi connectivity index (χ0) is 24.5. The number of hydrogen-bond acceptors (Lipinski definition) is 5. The van der Waals surface area contributed by atoms with Crippen molar-refractivity contribution >= 4 is 22.6 Å². The Kier molecular flexibility index (Phi) is 5.95. The second kappa shape index (κ2) is 9.54. The molecule has 6 rings (SSSR count). The molecule has 0 unspecified atom stereocenters. The molecule has 2 amide bonds. The summed E-state index contributed by atoms with van der Waals surface area (Å²) in [7, 11) is 0. The molecule has 2 aliphatic rings. The topological polar surface area (TPSA) is 80.6 Å². The summed E-state index contributed by atoms with van der Waals surface area (Å²) in [4.78, 5) is 35.1. The molecule has 0 bridgehead atoms. The van der Waals surface area contributed by atoms with Gasteiger partial charge in [-0.3, -0.25) is 19.3 Å². The van der Waals surface area contributed by atoms with Crippen molar-refractivity contribution in [2.24, 2.45) is 0 Å². The van der Waals surface area contributed by atoms with Crippen LogP contribution < -0.4 is 0 Å². The summed E-state index contributed by atoms with van der Waals surface area (Å²) in [6.45, 7) is 3.54. The molecule has 0 atom stereocenters. The number of carbonyl (C=O) groups excluding carboxylic acids is 2. The van der Waals surface area contributed by atoms with Gasteiger partial charge in [-0.1, -0.05) is 36.4 Å². The fraction of sp³-hybridized carbons (Fsp3) is 0.286. The standard InChI is InChI=1S/C28H27N5O3/c34-27(22-9-8-20-5-1-2-6-21(20)17-22)32-12-10-25-24(19-32)26(28(35)31-13-15-36-16-14-31)30-33(25)18-23-7-3-4-11-29-23/h1-9,11,17H,10,12-16,18-19H2. The molecule has 0 spiro atoms. The van der Waals surface area contributed by atoms with Crippen LogP contribution in [0, 0.1) is 0 Å². The summed E-state index contributed by atoms with van der Waals surface area (Å²) >= 11 is 0. The molecule has 8 nitrogen and oxygen atoms in total. The van der Waals surface area contributed by atoms with Crippen LogP contribution >= 0.6 is 0 Å². The van der Waals surface area contributed by atoms with Gasteiger partial charge in [-0.25, -0.2) is 0 Å². The van der Waals surface area contributed by atoms with E-state index in [4.69, 9.17) is 9.84 Å². The van der Waals surface area contributed by atoms with E-state index in [1.54, 1.807) is 11.1 Å². The van der Waals surface area contributed by atoms with E-state index in [1.165, 1.54) is 0 Å². The third-order valence-electron chi connectivity index (χ3n) is 6.96. The van der Waals surface area contributed by atoms with Crippen LogP contribution in [0.1, 0.15) is 37.8 Å². The minimum absolute atomic E-state index is 0.0337. The van der Waals surface area contributed by atoms with Gasteiger partial charge < -0.3 is 14.5 Å². The summed E-state index contributed by atoms with van der Waals surface area (Å²) in [6.07, 6.45) is 2.39. The minimum Gasteiger partial charge on any atom is -0.378 e.